The molecule has 1 aromatic heterocycles. The van der Waals surface area contributed by atoms with Crippen LogP contribution in [0, 0.1) is 10.1 Å². The molecule has 0 aliphatic heterocycles. The van der Waals surface area contributed by atoms with E-state index in [-0.39, 0.29) is 11.3 Å². The third-order valence-electron chi connectivity index (χ3n) is 3.32. The van der Waals surface area contributed by atoms with Gasteiger partial charge in [-0.1, -0.05) is 0 Å². The maximum absolute atomic E-state index is 12.1. The van der Waals surface area contributed by atoms with Crippen molar-refractivity contribution in [2.45, 2.75) is 0 Å². The lowest BCUT2D eigenvalue weighted by Gasteiger charge is -2.03. The molecular weight excluding hydrogens is 304 g/mol. The highest BCUT2D eigenvalue weighted by Crippen LogP contribution is 2.21. The molecule has 0 saturated carbocycles. The molecule has 116 valence electrons. The highest BCUT2D eigenvalue weighted by molar-refractivity contribution is 5.93. The van der Waals surface area contributed by atoms with E-state index in [2.05, 4.69) is 4.74 Å². The first-order valence-corrected chi connectivity index (χ1v) is 6.50. The van der Waals surface area contributed by atoms with Gasteiger partial charge in [0.1, 0.15) is 0 Å². The van der Waals surface area contributed by atoms with Crippen molar-refractivity contribution < 1.29 is 18.9 Å². The molecule has 0 amide bonds. The third-order valence-corrected chi connectivity index (χ3v) is 3.32. The van der Waals surface area contributed by atoms with Crippen molar-refractivity contribution >= 4 is 22.8 Å². The zero-order valence-electron chi connectivity index (χ0n) is 11.9. The molecule has 2 aromatic carbocycles. The van der Waals surface area contributed by atoms with Crippen molar-refractivity contribution in [1.82, 2.24) is 4.57 Å². The predicted molar refractivity (Wildman–Crippen MR) is 79.8 cm³/mol. The molecule has 0 aliphatic carbocycles. The average molecular weight is 314 g/mol. The number of carbonyl (C=O) groups is 1. The van der Waals surface area contributed by atoms with Crippen LogP contribution in [-0.4, -0.2) is 22.6 Å². The van der Waals surface area contributed by atoms with Crippen LogP contribution in [0.5, 0.6) is 0 Å². The number of hydrogen-bond acceptors (Lipinski definition) is 6. The molecule has 8 heteroatoms. The van der Waals surface area contributed by atoms with Crippen LogP contribution in [0.3, 0.4) is 0 Å². The van der Waals surface area contributed by atoms with Crippen molar-refractivity contribution in [1.29, 1.82) is 0 Å². The molecule has 0 saturated heterocycles. The number of aromatic nitrogens is 1. The molecule has 0 aliphatic rings. The molecule has 3 rings (SSSR count). The van der Waals surface area contributed by atoms with Gasteiger partial charge < -0.3 is 9.15 Å². The Labute approximate surface area is 128 Å². The topological polar surface area (TPSA) is 105 Å². The van der Waals surface area contributed by atoms with Crippen molar-refractivity contribution in [3.05, 3.63) is 68.7 Å². The maximum Gasteiger partial charge on any atom is 0.424 e. The second-order valence-electron chi connectivity index (χ2n) is 4.65. The second kappa shape index (κ2) is 5.41. The molecule has 0 fully saturated rings. The normalized spacial score (nSPS) is 10.7. The first-order chi connectivity index (χ1) is 11.0. The summed E-state index contributed by atoms with van der Waals surface area (Å²) in [5, 5.41) is 10.7. The summed E-state index contributed by atoms with van der Waals surface area (Å²) in [4.78, 5) is 33.8. The van der Waals surface area contributed by atoms with Gasteiger partial charge in [0.25, 0.3) is 5.69 Å². The van der Waals surface area contributed by atoms with E-state index in [1.54, 1.807) is 0 Å². The van der Waals surface area contributed by atoms with E-state index in [9.17, 15) is 19.7 Å². The SMILES string of the molecule is COC(=O)c1ccc2oc(=O)n(-c3ccc([N+](=O)[O-])cc3)c2c1. The molecular formula is C15H10N2O6. The molecule has 0 atom stereocenters. The fourth-order valence-corrected chi connectivity index (χ4v) is 2.23. The van der Waals surface area contributed by atoms with E-state index in [1.807, 2.05) is 0 Å². The fraction of sp³-hybridized carbons (Fsp3) is 0.0667. The maximum atomic E-state index is 12.1. The van der Waals surface area contributed by atoms with Gasteiger partial charge in [0.15, 0.2) is 5.58 Å². The fourth-order valence-electron chi connectivity index (χ4n) is 2.23. The van der Waals surface area contributed by atoms with Gasteiger partial charge in [-0.25, -0.2) is 14.2 Å². The predicted octanol–water partition coefficient (Wildman–Crippen LogP) is 2.28. The van der Waals surface area contributed by atoms with Gasteiger partial charge in [-0.3, -0.25) is 10.1 Å². The molecule has 0 bridgehead atoms. The van der Waals surface area contributed by atoms with Crippen molar-refractivity contribution in [2.75, 3.05) is 7.11 Å². The minimum Gasteiger partial charge on any atom is -0.465 e. The van der Waals surface area contributed by atoms with Gasteiger partial charge in [-0.05, 0) is 30.3 Å². The van der Waals surface area contributed by atoms with E-state index < -0.39 is 16.6 Å². The van der Waals surface area contributed by atoms with Gasteiger partial charge in [0, 0.05) is 12.1 Å². The number of nitro groups is 1. The van der Waals surface area contributed by atoms with Crippen molar-refractivity contribution in [3.63, 3.8) is 0 Å². The van der Waals surface area contributed by atoms with Crippen LogP contribution in [0.4, 0.5) is 5.69 Å². The lowest BCUT2D eigenvalue weighted by molar-refractivity contribution is -0.384. The number of ether oxygens (including phenoxy) is 1. The highest BCUT2D eigenvalue weighted by Gasteiger charge is 2.15. The van der Waals surface area contributed by atoms with Gasteiger partial charge in [0.2, 0.25) is 0 Å². The first-order valence-electron chi connectivity index (χ1n) is 6.50. The summed E-state index contributed by atoms with van der Waals surface area (Å²) < 4.78 is 11.0. The number of fused-ring (bicyclic) bond motifs is 1. The molecule has 1 heterocycles. The Kier molecular flexibility index (Phi) is 3.41. The quantitative estimate of drug-likeness (QED) is 0.417. The highest BCUT2D eigenvalue weighted by atomic mass is 16.6. The van der Waals surface area contributed by atoms with E-state index in [4.69, 9.17) is 4.42 Å². The van der Waals surface area contributed by atoms with E-state index in [0.717, 1.165) is 0 Å². The van der Waals surface area contributed by atoms with Crippen molar-refractivity contribution in [2.24, 2.45) is 0 Å². The monoisotopic (exact) mass is 314 g/mol. The molecule has 0 N–H and O–H groups in total. The number of rotatable bonds is 3. The molecule has 0 spiro atoms. The van der Waals surface area contributed by atoms with E-state index in [1.165, 1.54) is 54.1 Å². The summed E-state index contributed by atoms with van der Waals surface area (Å²) in [6.07, 6.45) is 0. The third kappa shape index (κ3) is 2.46. The Morgan fingerprint density at radius 2 is 1.91 bits per heavy atom. The first kappa shape index (κ1) is 14.5. The van der Waals surface area contributed by atoms with Crippen LogP contribution in [0.25, 0.3) is 16.8 Å². The van der Waals surface area contributed by atoms with Crippen LogP contribution in [0.1, 0.15) is 10.4 Å². The zero-order valence-corrected chi connectivity index (χ0v) is 11.9. The molecule has 3 aromatic rings. The summed E-state index contributed by atoms with van der Waals surface area (Å²) >= 11 is 0. The molecule has 23 heavy (non-hydrogen) atoms. The van der Waals surface area contributed by atoms with Crippen LogP contribution < -0.4 is 5.76 Å². The zero-order chi connectivity index (χ0) is 16.6. The van der Waals surface area contributed by atoms with E-state index in [0.29, 0.717) is 16.8 Å². The van der Waals surface area contributed by atoms with Gasteiger partial charge >= 0.3 is 11.7 Å². The number of hydrogen-bond donors (Lipinski definition) is 0. The van der Waals surface area contributed by atoms with Gasteiger partial charge in [-0.2, -0.15) is 0 Å². The minimum absolute atomic E-state index is 0.0927. The Hall–Kier alpha value is -3.42. The van der Waals surface area contributed by atoms with Gasteiger partial charge in [0.05, 0.1) is 28.8 Å². The Morgan fingerprint density at radius 3 is 2.52 bits per heavy atom. The van der Waals surface area contributed by atoms with Crippen LogP contribution in [0.2, 0.25) is 0 Å². The number of nitrogens with zero attached hydrogens (tertiary/aromatic N) is 2. The second-order valence-corrected chi connectivity index (χ2v) is 4.65. The summed E-state index contributed by atoms with van der Waals surface area (Å²) in [5.41, 5.74) is 1.22. The van der Waals surface area contributed by atoms with Crippen LogP contribution >= 0.6 is 0 Å². The lowest BCUT2D eigenvalue weighted by Crippen LogP contribution is -2.12. The summed E-state index contributed by atoms with van der Waals surface area (Å²) in [7, 11) is 1.26. The standard InChI is InChI=1S/C15H10N2O6/c1-22-14(18)9-2-7-13-12(8-9)16(15(19)23-13)10-3-5-11(6-4-10)17(20)21/h2-8H,1H3. The minimum atomic E-state index is -0.657. The average Bonchev–Trinajstić information content (AvgIpc) is 2.89. The number of benzene rings is 2. The summed E-state index contributed by atoms with van der Waals surface area (Å²) in [6.45, 7) is 0. The Bertz CT molecular complexity index is 968. The molecule has 8 nitrogen and oxygen atoms in total. The molecule has 0 unspecified atom stereocenters. The number of nitro benzene ring substituents is 1. The number of non-ortho nitro benzene ring substituents is 1. The van der Waals surface area contributed by atoms with Gasteiger partial charge in [-0.15, -0.1) is 0 Å². The summed E-state index contributed by atoms with van der Waals surface area (Å²) in [5.74, 6) is -1.20. The van der Waals surface area contributed by atoms with E-state index >= 15 is 0 Å². The van der Waals surface area contributed by atoms with Crippen LogP contribution in [0.15, 0.2) is 51.7 Å². The Balaban J connectivity index is 2.19. The number of esters is 1. The smallest absolute Gasteiger partial charge is 0.424 e. The summed E-state index contributed by atoms with van der Waals surface area (Å²) in [6, 6.07) is 9.86. The van der Waals surface area contributed by atoms with Crippen molar-refractivity contribution in [3.8, 4) is 5.69 Å². The largest absolute Gasteiger partial charge is 0.465 e. The number of carbonyl (C=O) groups excluding carboxylic acids is 1. The number of methoxy groups -OCH3 is 1. The number of oxazole rings is 1. The molecule has 0 radical (unpaired) electrons. The Morgan fingerprint density at radius 1 is 1.22 bits per heavy atom. The van der Waals surface area contributed by atoms with Crippen LogP contribution in [-0.2, 0) is 4.74 Å². The lowest BCUT2D eigenvalue weighted by atomic mass is 10.2.